The van der Waals surface area contributed by atoms with Crippen molar-refractivity contribution in [1.82, 2.24) is 15.2 Å². The van der Waals surface area contributed by atoms with Gasteiger partial charge in [-0.3, -0.25) is 0 Å². The highest BCUT2D eigenvalue weighted by molar-refractivity contribution is 5.33. The quantitative estimate of drug-likeness (QED) is 0.709. The molecule has 1 fully saturated rings. The molecular weight excluding hydrogens is 178 g/mol. The number of nitrogens with two attached hydrogens (primary N) is 1. The maximum absolute atomic E-state index is 5.55. The molecule has 1 saturated heterocycles. The summed E-state index contributed by atoms with van der Waals surface area (Å²) in [4.78, 5) is 6.48. The zero-order chi connectivity index (χ0) is 10.1. The lowest BCUT2D eigenvalue weighted by molar-refractivity contribution is 0.411. The van der Waals surface area contributed by atoms with Crippen LogP contribution in [0.4, 0.5) is 5.95 Å². The van der Waals surface area contributed by atoms with Crippen LogP contribution in [0.1, 0.15) is 11.4 Å². The van der Waals surface area contributed by atoms with Gasteiger partial charge in [0.25, 0.3) is 0 Å². The van der Waals surface area contributed by atoms with Gasteiger partial charge in [0.05, 0.1) is 11.4 Å². The highest BCUT2D eigenvalue weighted by Crippen LogP contribution is 2.19. The Hall–Kier alpha value is -1.23. The third-order valence-electron chi connectivity index (χ3n) is 2.65. The summed E-state index contributed by atoms with van der Waals surface area (Å²) in [5.74, 6) is 1.33. The lowest BCUT2D eigenvalue weighted by atomic mass is 10.0. The van der Waals surface area contributed by atoms with Crippen molar-refractivity contribution >= 4 is 5.95 Å². The van der Waals surface area contributed by atoms with Gasteiger partial charge in [0.1, 0.15) is 0 Å². The van der Waals surface area contributed by atoms with Crippen LogP contribution in [0.3, 0.4) is 0 Å². The van der Waals surface area contributed by atoms with E-state index in [9.17, 15) is 0 Å². The molecule has 2 rings (SSSR count). The topological polar surface area (TPSA) is 67.9 Å². The fourth-order valence-corrected chi connectivity index (χ4v) is 1.46. The highest BCUT2D eigenvalue weighted by Gasteiger charge is 2.27. The molecule has 0 unspecified atom stereocenters. The predicted molar refractivity (Wildman–Crippen MR) is 54.1 cm³/mol. The highest BCUT2D eigenvalue weighted by atomic mass is 15.3. The van der Waals surface area contributed by atoms with E-state index in [2.05, 4.69) is 20.1 Å². The van der Waals surface area contributed by atoms with Gasteiger partial charge < -0.3 is 10.6 Å². The fraction of sp³-hybridized carbons (Fsp3) is 0.667. The molecule has 1 aromatic rings. The molecule has 0 bridgehead atoms. The van der Waals surface area contributed by atoms with Crippen LogP contribution < -0.4 is 10.6 Å². The molecule has 2 heterocycles. The van der Waals surface area contributed by atoms with E-state index < -0.39 is 0 Å². The molecule has 0 radical (unpaired) electrons. The summed E-state index contributed by atoms with van der Waals surface area (Å²) in [7, 11) is 0. The maximum atomic E-state index is 5.55. The summed E-state index contributed by atoms with van der Waals surface area (Å²) >= 11 is 0. The minimum absolute atomic E-state index is 0.597. The molecule has 0 saturated carbocycles. The normalized spacial score (nSPS) is 16.9. The summed E-state index contributed by atoms with van der Waals surface area (Å²) in [5, 5.41) is 8.10. The molecule has 5 nitrogen and oxygen atoms in total. The standard InChI is InChI=1S/C9H15N5/c1-6-7(2)12-13-9(11-6)14-4-8(3-10)5-14/h8H,3-5,10H2,1-2H3. The number of hydrogen-bond donors (Lipinski definition) is 1. The van der Waals surface area contributed by atoms with Crippen LogP contribution >= 0.6 is 0 Å². The Balaban J connectivity index is 2.08. The van der Waals surface area contributed by atoms with Gasteiger partial charge >= 0.3 is 0 Å². The van der Waals surface area contributed by atoms with E-state index in [1.54, 1.807) is 0 Å². The smallest absolute Gasteiger partial charge is 0.245 e. The Bertz CT molecular complexity index is 332. The van der Waals surface area contributed by atoms with Gasteiger partial charge in [0, 0.05) is 19.0 Å². The summed E-state index contributed by atoms with van der Waals surface area (Å²) in [6, 6.07) is 0. The first-order chi connectivity index (χ1) is 6.70. The first-order valence-corrected chi connectivity index (χ1v) is 4.83. The Morgan fingerprint density at radius 2 is 2.00 bits per heavy atom. The van der Waals surface area contributed by atoms with Crippen LogP contribution in [0, 0.1) is 19.8 Å². The maximum Gasteiger partial charge on any atom is 0.245 e. The summed E-state index contributed by atoms with van der Waals surface area (Å²) in [5.41, 5.74) is 7.39. The SMILES string of the molecule is Cc1nnc(N2CC(CN)C2)nc1C. The van der Waals surface area contributed by atoms with Gasteiger partial charge in [-0.15, -0.1) is 5.10 Å². The van der Waals surface area contributed by atoms with E-state index in [-0.39, 0.29) is 0 Å². The molecule has 0 aromatic carbocycles. The molecule has 5 heteroatoms. The number of aryl methyl sites for hydroxylation is 2. The van der Waals surface area contributed by atoms with Crippen molar-refractivity contribution < 1.29 is 0 Å². The second-order valence-corrected chi connectivity index (χ2v) is 3.79. The molecule has 14 heavy (non-hydrogen) atoms. The van der Waals surface area contributed by atoms with E-state index in [1.165, 1.54) is 0 Å². The van der Waals surface area contributed by atoms with E-state index in [0.29, 0.717) is 5.92 Å². The number of hydrogen-bond acceptors (Lipinski definition) is 5. The van der Waals surface area contributed by atoms with Gasteiger partial charge in [0.15, 0.2) is 0 Å². The summed E-state index contributed by atoms with van der Waals surface area (Å²) < 4.78 is 0. The van der Waals surface area contributed by atoms with Crippen molar-refractivity contribution in [2.24, 2.45) is 11.7 Å². The third-order valence-corrected chi connectivity index (χ3v) is 2.65. The second-order valence-electron chi connectivity index (χ2n) is 3.79. The zero-order valence-electron chi connectivity index (χ0n) is 8.56. The lowest BCUT2D eigenvalue weighted by Crippen LogP contribution is -2.50. The van der Waals surface area contributed by atoms with E-state index in [4.69, 9.17) is 5.73 Å². The van der Waals surface area contributed by atoms with Crippen LogP contribution in [0.2, 0.25) is 0 Å². The zero-order valence-corrected chi connectivity index (χ0v) is 8.56. The summed E-state index contributed by atoms with van der Waals surface area (Å²) in [6.07, 6.45) is 0. The van der Waals surface area contributed by atoms with Crippen LogP contribution in [0.15, 0.2) is 0 Å². The van der Waals surface area contributed by atoms with E-state index in [0.717, 1.165) is 37.0 Å². The number of aromatic nitrogens is 3. The minimum atomic E-state index is 0.597. The largest absolute Gasteiger partial charge is 0.339 e. The van der Waals surface area contributed by atoms with E-state index in [1.807, 2.05) is 13.8 Å². The van der Waals surface area contributed by atoms with Gasteiger partial charge in [-0.1, -0.05) is 0 Å². The van der Waals surface area contributed by atoms with Crippen molar-refractivity contribution in [3.63, 3.8) is 0 Å². The van der Waals surface area contributed by atoms with Crippen molar-refractivity contribution in [3.8, 4) is 0 Å². The van der Waals surface area contributed by atoms with Crippen LogP contribution in [0.25, 0.3) is 0 Å². The van der Waals surface area contributed by atoms with Gasteiger partial charge in [-0.2, -0.15) is 5.10 Å². The molecule has 0 spiro atoms. The molecule has 0 aliphatic carbocycles. The van der Waals surface area contributed by atoms with Crippen molar-refractivity contribution in [1.29, 1.82) is 0 Å². The summed E-state index contributed by atoms with van der Waals surface area (Å²) in [6.45, 7) is 6.53. The Kier molecular flexibility index (Phi) is 2.33. The van der Waals surface area contributed by atoms with Crippen molar-refractivity contribution in [2.75, 3.05) is 24.5 Å². The van der Waals surface area contributed by atoms with Crippen LogP contribution in [0.5, 0.6) is 0 Å². The van der Waals surface area contributed by atoms with Gasteiger partial charge in [-0.05, 0) is 20.4 Å². The fourth-order valence-electron chi connectivity index (χ4n) is 1.46. The van der Waals surface area contributed by atoms with Crippen molar-refractivity contribution in [3.05, 3.63) is 11.4 Å². The van der Waals surface area contributed by atoms with Crippen molar-refractivity contribution in [2.45, 2.75) is 13.8 Å². The van der Waals surface area contributed by atoms with Gasteiger partial charge in [-0.25, -0.2) is 4.98 Å². The second kappa shape index (κ2) is 3.49. The van der Waals surface area contributed by atoms with Crippen LogP contribution in [-0.4, -0.2) is 34.8 Å². The van der Waals surface area contributed by atoms with Gasteiger partial charge in [0.2, 0.25) is 5.95 Å². The molecule has 0 atom stereocenters. The number of nitrogens with zero attached hydrogens (tertiary/aromatic N) is 4. The molecule has 1 aliphatic rings. The van der Waals surface area contributed by atoms with E-state index >= 15 is 0 Å². The molecule has 1 aliphatic heterocycles. The number of anilines is 1. The molecule has 0 amide bonds. The lowest BCUT2D eigenvalue weighted by Gasteiger charge is -2.38. The average Bonchev–Trinajstić information content (AvgIpc) is 2.09. The minimum Gasteiger partial charge on any atom is -0.339 e. The Morgan fingerprint density at radius 3 is 2.57 bits per heavy atom. The first-order valence-electron chi connectivity index (χ1n) is 4.83. The average molecular weight is 193 g/mol. The monoisotopic (exact) mass is 193 g/mol. The molecular formula is C9H15N5. The molecule has 2 N–H and O–H groups in total. The first kappa shape index (κ1) is 9.33. The predicted octanol–water partition coefficient (Wildman–Crippen LogP) is -0.117. The Labute approximate surface area is 83.3 Å². The molecule has 76 valence electrons. The Morgan fingerprint density at radius 1 is 1.29 bits per heavy atom. The number of rotatable bonds is 2. The van der Waals surface area contributed by atoms with Crippen LogP contribution in [-0.2, 0) is 0 Å². The third kappa shape index (κ3) is 1.55. The molecule has 1 aromatic heterocycles.